The smallest absolute Gasteiger partial charge is 0.222 e. The highest BCUT2D eigenvalue weighted by atomic mass is 35.5. The number of carbonyl (C=O) groups is 1. The molecule has 0 aromatic carbocycles. The number of ether oxygens (including phenoxy) is 2. The number of hydrogen-bond donors (Lipinski definition) is 2. The lowest BCUT2D eigenvalue weighted by atomic mass is 9.98. The predicted molar refractivity (Wildman–Crippen MR) is 80.1 cm³/mol. The zero-order valence-corrected chi connectivity index (χ0v) is 12.9. The first-order chi connectivity index (χ1) is 9.24. The van der Waals surface area contributed by atoms with Gasteiger partial charge in [-0.15, -0.1) is 12.4 Å². The van der Waals surface area contributed by atoms with Crippen molar-refractivity contribution >= 4 is 18.3 Å². The maximum atomic E-state index is 11.9. The molecule has 2 fully saturated rings. The first-order valence-corrected chi connectivity index (χ1v) is 7.44. The highest BCUT2D eigenvalue weighted by Crippen LogP contribution is 2.28. The van der Waals surface area contributed by atoms with E-state index < -0.39 is 0 Å². The molecule has 0 aromatic rings. The Morgan fingerprint density at radius 1 is 1.35 bits per heavy atom. The number of nitrogens with two attached hydrogens (primary N) is 1. The van der Waals surface area contributed by atoms with E-state index in [4.69, 9.17) is 15.2 Å². The third-order valence-electron chi connectivity index (χ3n) is 4.16. The van der Waals surface area contributed by atoms with Gasteiger partial charge in [0.05, 0.1) is 24.9 Å². The van der Waals surface area contributed by atoms with Crippen LogP contribution >= 0.6 is 12.4 Å². The van der Waals surface area contributed by atoms with Gasteiger partial charge >= 0.3 is 0 Å². The summed E-state index contributed by atoms with van der Waals surface area (Å²) in [4.78, 5) is 11.9. The Labute approximate surface area is 127 Å². The Kier molecular flexibility index (Phi) is 7.80. The molecule has 1 aliphatic heterocycles. The maximum absolute atomic E-state index is 11.9. The molecule has 1 amide bonds. The van der Waals surface area contributed by atoms with Gasteiger partial charge in [-0.3, -0.25) is 4.79 Å². The average Bonchev–Trinajstić information content (AvgIpc) is 3.06. The summed E-state index contributed by atoms with van der Waals surface area (Å²) in [6, 6.07) is 0. The Hall–Kier alpha value is -0.360. The first kappa shape index (κ1) is 17.7. The van der Waals surface area contributed by atoms with Crippen LogP contribution in [0.3, 0.4) is 0 Å². The van der Waals surface area contributed by atoms with Crippen LogP contribution in [0, 0.1) is 0 Å². The van der Waals surface area contributed by atoms with E-state index in [2.05, 4.69) is 5.32 Å². The molecule has 0 radical (unpaired) electrons. The van der Waals surface area contributed by atoms with Crippen LogP contribution in [0.15, 0.2) is 0 Å². The van der Waals surface area contributed by atoms with E-state index in [9.17, 15) is 4.79 Å². The van der Waals surface area contributed by atoms with Gasteiger partial charge in [0.1, 0.15) is 0 Å². The summed E-state index contributed by atoms with van der Waals surface area (Å²) in [5, 5.41) is 3.10. The van der Waals surface area contributed by atoms with Crippen LogP contribution < -0.4 is 11.1 Å². The number of amides is 1. The minimum Gasteiger partial charge on any atom is -0.378 e. The van der Waals surface area contributed by atoms with E-state index in [-0.39, 0.29) is 30.0 Å². The third kappa shape index (κ3) is 5.20. The molecule has 0 aromatic heterocycles. The molecule has 1 aliphatic carbocycles. The van der Waals surface area contributed by atoms with Gasteiger partial charge in [0.2, 0.25) is 5.91 Å². The molecule has 2 aliphatic rings. The van der Waals surface area contributed by atoms with Gasteiger partial charge in [-0.2, -0.15) is 0 Å². The molecule has 1 unspecified atom stereocenters. The van der Waals surface area contributed by atoms with E-state index >= 15 is 0 Å². The van der Waals surface area contributed by atoms with Gasteiger partial charge in [-0.1, -0.05) is 12.8 Å². The van der Waals surface area contributed by atoms with Gasteiger partial charge < -0.3 is 20.5 Å². The molecule has 1 atom stereocenters. The van der Waals surface area contributed by atoms with Gasteiger partial charge in [-0.05, 0) is 25.7 Å². The fourth-order valence-corrected chi connectivity index (χ4v) is 2.95. The van der Waals surface area contributed by atoms with Crippen LogP contribution in [0.5, 0.6) is 0 Å². The quantitative estimate of drug-likeness (QED) is 0.697. The van der Waals surface area contributed by atoms with Crippen LogP contribution in [0.4, 0.5) is 0 Å². The number of halogens is 1. The van der Waals surface area contributed by atoms with Crippen molar-refractivity contribution in [3.8, 4) is 0 Å². The number of nitrogens with one attached hydrogen (secondary N) is 1. The number of hydrogen-bond acceptors (Lipinski definition) is 4. The van der Waals surface area contributed by atoms with Crippen molar-refractivity contribution in [2.75, 3.05) is 26.4 Å². The van der Waals surface area contributed by atoms with Crippen molar-refractivity contribution in [2.24, 2.45) is 5.73 Å². The van der Waals surface area contributed by atoms with E-state index in [0.29, 0.717) is 26.2 Å². The third-order valence-corrected chi connectivity index (χ3v) is 4.16. The van der Waals surface area contributed by atoms with Crippen molar-refractivity contribution in [2.45, 2.75) is 56.6 Å². The zero-order valence-electron chi connectivity index (χ0n) is 12.1. The van der Waals surface area contributed by atoms with Gasteiger partial charge in [0.25, 0.3) is 0 Å². The molecule has 1 saturated carbocycles. The van der Waals surface area contributed by atoms with Crippen LogP contribution in [0.1, 0.15) is 44.9 Å². The van der Waals surface area contributed by atoms with Gasteiger partial charge in [-0.25, -0.2) is 0 Å². The zero-order chi connectivity index (χ0) is 13.6. The molecule has 20 heavy (non-hydrogen) atoms. The first-order valence-electron chi connectivity index (χ1n) is 7.44. The minimum atomic E-state index is -0.147. The van der Waals surface area contributed by atoms with Gasteiger partial charge in [0, 0.05) is 19.6 Å². The molecular weight excluding hydrogens is 280 g/mol. The molecule has 0 spiro atoms. The predicted octanol–water partition coefficient (Wildman–Crippen LogP) is 1.38. The summed E-state index contributed by atoms with van der Waals surface area (Å²) in [6.45, 7) is 2.45. The van der Waals surface area contributed by atoms with E-state index in [1.807, 2.05) is 0 Å². The van der Waals surface area contributed by atoms with E-state index in [1.165, 1.54) is 0 Å². The number of rotatable bonds is 7. The normalized spacial score (nSPS) is 24.4. The summed E-state index contributed by atoms with van der Waals surface area (Å²) in [5.74, 6) is 0.0553. The molecule has 5 nitrogen and oxygen atoms in total. The van der Waals surface area contributed by atoms with Crippen molar-refractivity contribution in [3.63, 3.8) is 0 Å². The van der Waals surface area contributed by atoms with Crippen molar-refractivity contribution < 1.29 is 14.3 Å². The fraction of sp³-hybridized carbons (Fsp3) is 0.929. The second-order valence-corrected chi connectivity index (χ2v) is 5.70. The average molecular weight is 307 g/mol. The molecule has 6 heteroatoms. The van der Waals surface area contributed by atoms with E-state index in [1.54, 1.807) is 0 Å². The largest absolute Gasteiger partial charge is 0.378 e. The summed E-state index contributed by atoms with van der Waals surface area (Å²) >= 11 is 0. The molecular formula is C14H27ClN2O3. The van der Waals surface area contributed by atoms with Crippen LogP contribution in [0.25, 0.3) is 0 Å². The molecule has 3 N–H and O–H groups in total. The monoisotopic (exact) mass is 306 g/mol. The van der Waals surface area contributed by atoms with Crippen molar-refractivity contribution in [1.82, 2.24) is 5.32 Å². The summed E-state index contributed by atoms with van der Waals surface area (Å²) in [7, 11) is 0. The molecule has 0 bridgehead atoms. The highest BCUT2D eigenvalue weighted by Gasteiger charge is 2.33. The van der Waals surface area contributed by atoms with Crippen LogP contribution in [0.2, 0.25) is 0 Å². The molecule has 2 rings (SSSR count). The standard InChI is InChI=1S/C14H26N2O3.ClH/c15-11-14(6-1-2-7-14)16-13(17)5-9-18-10-12-4-3-8-19-12;/h12H,1-11,15H2,(H,16,17);1H. The molecule has 1 heterocycles. The lowest BCUT2D eigenvalue weighted by Gasteiger charge is -2.28. The Bertz CT molecular complexity index is 290. The Balaban J connectivity index is 0.00000200. The minimum absolute atomic E-state index is 0. The van der Waals surface area contributed by atoms with Crippen molar-refractivity contribution in [3.05, 3.63) is 0 Å². The summed E-state index contributed by atoms with van der Waals surface area (Å²) in [5.41, 5.74) is 5.64. The Morgan fingerprint density at radius 2 is 2.10 bits per heavy atom. The van der Waals surface area contributed by atoms with Gasteiger partial charge in [0.15, 0.2) is 0 Å². The van der Waals surface area contributed by atoms with Crippen LogP contribution in [-0.2, 0) is 14.3 Å². The lowest BCUT2D eigenvalue weighted by Crippen LogP contribution is -2.51. The summed E-state index contributed by atoms with van der Waals surface area (Å²) in [6.07, 6.45) is 7.16. The summed E-state index contributed by atoms with van der Waals surface area (Å²) < 4.78 is 11.0. The molecule has 1 saturated heterocycles. The maximum Gasteiger partial charge on any atom is 0.222 e. The lowest BCUT2D eigenvalue weighted by molar-refractivity contribution is -0.124. The van der Waals surface area contributed by atoms with Crippen molar-refractivity contribution in [1.29, 1.82) is 0 Å². The Morgan fingerprint density at radius 3 is 2.70 bits per heavy atom. The fourth-order valence-electron chi connectivity index (χ4n) is 2.95. The second-order valence-electron chi connectivity index (χ2n) is 5.70. The topological polar surface area (TPSA) is 73.6 Å². The van der Waals surface area contributed by atoms with E-state index in [0.717, 1.165) is 45.1 Å². The second kappa shape index (κ2) is 8.82. The highest BCUT2D eigenvalue weighted by molar-refractivity contribution is 5.85. The SMILES string of the molecule is Cl.NCC1(NC(=O)CCOCC2CCCO2)CCCC1. The molecule has 118 valence electrons. The number of carbonyl (C=O) groups excluding carboxylic acids is 1. The van der Waals surface area contributed by atoms with Crippen LogP contribution in [-0.4, -0.2) is 43.9 Å².